The van der Waals surface area contributed by atoms with Crippen LogP contribution in [0, 0.1) is 6.92 Å². The van der Waals surface area contributed by atoms with E-state index in [2.05, 4.69) is 25.9 Å². The van der Waals surface area contributed by atoms with Crippen LogP contribution in [0.15, 0.2) is 73.1 Å². The molecule has 4 rings (SSSR count). The van der Waals surface area contributed by atoms with Crippen LogP contribution in [0.5, 0.6) is 11.8 Å². The number of pyridine rings is 2. The molecule has 0 unspecified atom stereocenters. The molecule has 4 aromatic rings. The number of ether oxygens (including phenoxy) is 2. The third-order valence-electron chi connectivity index (χ3n) is 5.84. The van der Waals surface area contributed by atoms with Crippen molar-refractivity contribution in [3.05, 3.63) is 84.2 Å². The summed E-state index contributed by atoms with van der Waals surface area (Å²) in [6.45, 7) is 2.14. The molecule has 4 amide bonds. The highest BCUT2D eigenvalue weighted by atomic mass is 16.5. The minimum Gasteiger partial charge on any atom is -0.481 e. The van der Waals surface area contributed by atoms with Gasteiger partial charge in [-0.15, -0.1) is 0 Å². The van der Waals surface area contributed by atoms with Crippen molar-refractivity contribution in [1.29, 1.82) is 0 Å². The van der Waals surface area contributed by atoms with Crippen molar-refractivity contribution in [1.82, 2.24) is 15.3 Å². The summed E-state index contributed by atoms with van der Waals surface area (Å²) in [5.74, 6) is 1.02. The smallest absolute Gasteiger partial charge is 0.319 e. The average molecular weight is 513 g/mol. The molecule has 0 saturated carbocycles. The number of urea groups is 2. The Bertz CT molecular complexity index is 1440. The van der Waals surface area contributed by atoms with E-state index in [9.17, 15) is 9.59 Å². The van der Waals surface area contributed by atoms with Gasteiger partial charge < -0.3 is 31.2 Å². The molecule has 0 aliphatic carbocycles. The van der Waals surface area contributed by atoms with Crippen LogP contribution in [0.3, 0.4) is 0 Å². The monoisotopic (exact) mass is 512 g/mol. The van der Waals surface area contributed by atoms with Crippen LogP contribution in [-0.2, 0) is 6.54 Å². The van der Waals surface area contributed by atoms with Crippen molar-refractivity contribution >= 4 is 23.4 Å². The van der Waals surface area contributed by atoms with Crippen LogP contribution in [0.25, 0.3) is 22.3 Å². The van der Waals surface area contributed by atoms with Crippen LogP contribution in [-0.4, -0.2) is 36.2 Å². The molecule has 10 nitrogen and oxygen atoms in total. The van der Waals surface area contributed by atoms with E-state index in [0.29, 0.717) is 28.7 Å². The number of primary amides is 1. The molecule has 0 aliphatic rings. The minimum atomic E-state index is -0.707. The van der Waals surface area contributed by atoms with Gasteiger partial charge in [-0.2, -0.15) is 0 Å². The van der Waals surface area contributed by atoms with Gasteiger partial charge in [0.1, 0.15) is 0 Å². The van der Waals surface area contributed by atoms with Gasteiger partial charge in [0.15, 0.2) is 0 Å². The van der Waals surface area contributed by atoms with E-state index in [1.54, 1.807) is 44.8 Å². The van der Waals surface area contributed by atoms with Crippen molar-refractivity contribution < 1.29 is 19.1 Å². The van der Waals surface area contributed by atoms with Gasteiger partial charge in [-0.3, -0.25) is 0 Å². The fourth-order valence-electron chi connectivity index (χ4n) is 3.85. The largest absolute Gasteiger partial charge is 0.481 e. The van der Waals surface area contributed by atoms with Gasteiger partial charge in [-0.05, 0) is 59.5 Å². The van der Waals surface area contributed by atoms with E-state index in [-0.39, 0.29) is 6.54 Å². The Hall–Kier alpha value is -5.12. The molecule has 2 aromatic carbocycles. The van der Waals surface area contributed by atoms with Gasteiger partial charge in [0.05, 0.1) is 14.2 Å². The Balaban J connectivity index is 1.46. The Kier molecular flexibility index (Phi) is 8.02. The lowest BCUT2D eigenvalue weighted by Gasteiger charge is -2.14. The standard InChI is InChI=1S/C28H28N6O4/c1-17-4-9-22(13-23(17)20-8-11-26(38-3)31-15-20)33-28(36)32-16-21-6-5-18(12-24(21)34-27(29)35)19-7-10-25(37-2)30-14-19/h4-15H,16H2,1-3H3,(H3,29,34,35)(H2,32,33,36). The van der Waals surface area contributed by atoms with Crippen molar-refractivity contribution in [2.45, 2.75) is 13.5 Å². The number of amides is 4. The van der Waals surface area contributed by atoms with Crippen molar-refractivity contribution in [3.63, 3.8) is 0 Å². The number of anilines is 2. The summed E-state index contributed by atoms with van der Waals surface area (Å²) in [5.41, 5.74) is 11.7. The predicted octanol–water partition coefficient (Wildman–Crippen LogP) is 4.95. The molecule has 0 aliphatic heterocycles. The van der Waals surface area contributed by atoms with E-state index >= 15 is 0 Å². The van der Waals surface area contributed by atoms with Gasteiger partial charge in [0.25, 0.3) is 0 Å². The molecule has 194 valence electrons. The van der Waals surface area contributed by atoms with E-state index in [1.165, 1.54) is 0 Å². The Morgan fingerprint density at radius 1 is 0.816 bits per heavy atom. The molecule has 2 heterocycles. The molecular formula is C28H28N6O4. The van der Waals surface area contributed by atoms with E-state index in [1.807, 2.05) is 49.4 Å². The lowest BCUT2D eigenvalue weighted by molar-refractivity contribution is 0.251. The number of aromatic nitrogens is 2. The predicted molar refractivity (Wildman–Crippen MR) is 146 cm³/mol. The molecule has 0 fully saturated rings. The summed E-state index contributed by atoms with van der Waals surface area (Å²) in [4.78, 5) is 32.8. The quantitative estimate of drug-likeness (QED) is 0.263. The molecule has 0 atom stereocenters. The summed E-state index contributed by atoms with van der Waals surface area (Å²) in [7, 11) is 3.11. The van der Waals surface area contributed by atoms with Crippen molar-refractivity contribution in [2.75, 3.05) is 24.9 Å². The highest BCUT2D eigenvalue weighted by Crippen LogP contribution is 2.28. The van der Waals surface area contributed by atoms with Gasteiger partial charge in [-0.25, -0.2) is 19.6 Å². The number of methoxy groups -OCH3 is 2. The van der Waals surface area contributed by atoms with Gasteiger partial charge in [-0.1, -0.05) is 18.2 Å². The van der Waals surface area contributed by atoms with Crippen molar-refractivity contribution in [2.24, 2.45) is 5.73 Å². The maximum Gasteiger partial charge on any atom is 0.319 e. The highest BCUT2D eigenvalue weighted by Gasteiger charge is 2.11. The minimum absolute atomic E-state index is 0.156. The van der Waals surface area contributed by atoms with E-state index in [4.69, 9.17) is 15.2 Å². The van der Waals surface area contributed by atoms with Crippen LogP contribution >= 0.6 is 0 Å². The fourth-order valence-corrected chi connectivity index (χ4v) is 3.85. The maximum absolute atomic E-state index is 12.7. The van der Waals surface area contributed by atoms with Gasteiger partial charge in [0, 0.05) is 53.6 Å². The topological polar surface area (TPSA) is 140 Å². The van der Waals surface area contributed by atoms with Crippen LogP contribution < -0.4 is 31.2 Å². The third kappa shape index (κ3) is 6.35. The average Bonchev–Trinajstić information content (AvgIpc) is 2.93. The number of hydrogen-bond donors (Lipinski definition) is 4. The first-order valence-corrected chi connectivity index (χ1v) is 11.7. The maximum atomic E-state index is 12.7. The molecular weight excluding hydrogens is 484 g/mol. The fraction of sp³-hybridized carbons (Fsp3) is 0.143. The Morgan fingerprint density at radius 2 is 1.47 bits per heavy atom. The third-order valence-corrected chi connectivity index (χ3v) is 5.84. The molecule has 10 heteroatoms. The zero-order chi connectivity index (χ0) is 27.1. The summed E-state index contributed by atoms with van der Waals surface area (Å²) in [6.07, 6.45) is 3.40. The number of carbonyl (C=O) groups excluding carboxylic acids is 2. The zero-order valence-electron chi connectivity index (χ0n) is 21.2. The second kappa shape index (κ2) is 11.7. The molecule has 5 N–H and O–H groups in total. The van der Waals surface area contributed by atoms with Crippen molar-refractivity contribution in [3.8, 4) is 34.0 Å². The molecule has 0 radical (unpaired) electrons. The SMILES string of the molecule is COc1ccc(-c2ccc(CNC(=O)Nc3ccc(C)c(-c4ccc(OC)nc4)c3)c(NC(N)=O)c2)cn1. The molecule has 0 spiro atoms. The number of benzene rings is 2. The van der Waals surface area contributed by atoms with Gasteiger partial charge in [0.2, 0.25) is 11.8 Å². The molecule has 0 bridgehead atoms. The summed E-state index contributed by atoms with van der Waals surface area (Å²) >= 11 is 0. The van der Waals surface area contributed by atoms with E-state index in [0.717, 1.165) is 27.8 Å². The molecule has 0 saturated heterocycles. The summed E-state index contributed by atoms with van der Waals surface area (Å²) in [5, 5.41) is 8.30. The lowest BCUT2D eigenvalue weighted by Crippen LogP contribution is -2.29. The molecule has 2 aromatic heterocycles. The lowest BCUT2D eigenvalue weighted by atomic mass is 10.0. The number of nitrogens with zero attached hydrogens (tertiary/aromatic N) is 2. The molecule has 38 heavy (non-hydrogen) atoms. The first kappa shape index (κ1) is 26.0. The summed E-state index contributed by atoms with van der Waals surface area (Å²) in [6, 6.07) is 17.3. The number of carbonyl (C=O) groups is 2. The number of rotatable bonds is 8. The second-order valence-corrected chi connectivity index (χ2v) is 8.38. The highest BCUT2D eigenvalue weighted by molar-refractivity contribution is 5.92. The van der Waals surface area contributed by atoms with Crippen LogP contribution in [0.2, 0.25) is 0 Å². The number of nitrogens with two attached hydrogens (primary N) is 1. The first-order valence-electron chi connectivity index (χ1n) is 11.7. The Morgan fingerprint density at radius 3 is 2.08 bits per heavy atom. The normalized spacial score (nSPS) is 10.4. The summed E-state index contributed by atoms with van der Waals surface area (Å²) < 4.78 is 10.2. The first-order chi connectivity index (χ1) is 18.4. The Labute approximate surface area is 220 Å². The van der Waals surface area contributed by atoms with E-state index < -0.39 is 12.1 Å². The second-order valence-electron chi connectivity index (χ2n) is 8.38. The number of aryl methyl sites for hydroxylation is 1. The zero-order valence-corrected chi connectivity index (χ0v) is 21.2. The number of nitrogens with one attached hydrogen (secondary N) is 3. The van der Waals surface area contributed by atoms with Crippen LogP contribution in [0.4, 0.5) is 21.0 Å². The van der Waals surface area contributed by atoms with Crippen LogP contribution in [0.1, 0.15) is 11.1 Å². The number of hydrogen-bond acceptors (Lipinski definition) is 6. The van der Waals surface area contributed by atoms with Gasteiger partial charge >= 0.3 is 12.1 Å².